The highest BCUT2D eigenvalue weighted by Gasteiger charge is 2.20. The number of Topliss-reactive ketones (excluding diaryl/α,β-unsaturated/α-hetero) is 1. The van der Waals surface area contributed by atoms with E-state index in [-0.39, 0.29) is 5.92 Å². The van der Waals surface area contributed by atoms with Gasteiger partial charge in [0.05, 0.1) is 12.2 Å². The monoisotopic (exact) mass is 676 g/mol. The normalized spacial score (nSPS) is 11.9. The van der Waals surface area contributed by atoms with Crippen LogP contribution in [0.2, 0.25) is 0 Å². The SMILES string of the molecule is CCCCCCCCCCCCOc1ccc(-c2ccc(C(=O)Oc3ccc4cc([C@H](C)C(=O)CC(CCC)CCC)ccc4c3)cc2)cc1. The van der Waals surface area contributed by atoms with Gasteiger partial charge in [0.2, 0.25) is 0 Å². The highest BCUT2D eigenvalue weighted by molar-refractivity contribution is 5.93. The molecule has 1 atom stereocenters. The quantitative estimate of drug-likeness (QED) is 0.0446. The maximum Gasteiger partial charge on any atom is 0.343 e. The van der Waals surface area contributed by atoms with Crippen LogP contribution < -0.4 is 9.47 Å². The predicted molar refractivity (Wildman–Crippen MR) is 209 cm³/mol. The molecule has 0 N–H and O–H groups in total. The first-order valence-electron chi connectivity index (χ1n) is 19.5. The van der Waals surface area contributed by atoms with Crippen LogP contribution in [0.15, 0.2) is 84.9 Å². The number of ether oxygens (including phenoxy) is 2. The van der Waals surface area contributed by atoms with Gasteiger partial charge < -0.3 is 9.47 Å². The molecule has 0 saturated heterocycles. The molecular weight excluding hydrogens is 617 g/mol. The molecule has 0 fully saturated rings. The fourth-order valence-corrected chi connectivity index (χ4v) is 6.88. The van der Waals surface area contributed by atoms with E-state index in [9.17, 15) is 9.59 Å². The van der Waals surface area contributed by atoms with Crippen molar-refractivity contribution >= 4 is 22.5 Å². The summed E-state index contributed by atoms with van der Waals surface area (Å²) in [6, 6.07) is 27.5. The van der Waals surface area contributed by atoms with E-state index >= 15 is 0 Å². The van der Waals surface area contributed by atoms with Crippen molar-refractivity contribution in [2.45, 2.75) is 130 Å². The van der Waals surface area contributed by atoms with Crippen molar-refractivity contribution < 1.29 is 19.1 Å². The van der Waals surface area contributed by atoms with Crippen molar-refractivity contribution in [3.8, 4) is 22.6 Å². The Bertz CT molecular complexity index is 1580. The molecular formula is C46H60O4. The minimum Gasteiger partial charge on any atom is -0.494 e. The van der Waals surface area contributed by atoms with Gasteiger partial charge in [-0.3, -0.25) is 4.79 Å². The smallest absolute Gasteiger partial charge is 0.343 e. The summed E-state index contributed by atoms with van der Waals surface area (Å²) in [5.74, 6) is 1.65. The summed E-state index contributed by atoms with van der Waals surface area (Å²) in [7, 11) is 0. The zero-order valence-electron chi connectivity index (χ0n) is 31.2. The van der Waals surface area contributed by atoms with Crippen LogP contribution in [0.3, 0.4) is 0 Å². The Balaban J connectivity index is 1.23. The molecule has 0 aromatic heterocycles. The van der Waals surface area contributed by atoms with Crippen molar-refractivity contribution in [2.24, 2.45) is 5.92 Å². The molecule has 4 rings (SSSR count). The van der Waals surface area contributed by atoms with Crippen molar-refractivity contribution in [2.75, 3.05) is 6.61 Å². The fraction of sp³-hybridized carbons (Fsp3) is 0.478. The van der Waals surface area contributed by atoms with E-state index in [1.807, 2.05) is 73.7 Å². The first kappa shape index (κ1) is 38.9. The summed E-state index contributed by atoms with van der Waals surface area (Å²) < 4.78 is 11.7. The zero-order valence-corrected chi connectivity index (χ0v) is 31.2. The highest BCUT2D eigenvalue weighted by atomic mass is 16.5. The summed E-state index contributed by atoms with van der Waals surface area (Å²) in [6.45, 7) is 9.42. The van der Waals surface area contributed by atoms with Gasteiger partial charge >= 0.3 is 5.97 Å². The molecule has 0 aliphatic carbocycles. The number of ketones is 1. The number of esters is 1. The van der Waals surface area contributed by atoms with Crippen LogP contribution in [0.1, 0.15) is 146 Å². The average Bonchev–Trinajstić information content (AvgIpc) is 3.14. The molecule has 0 amide bonds. The highest BCUT2D eigenvalue weighted by Crippen LogP contribution is 2.29. The topological polar surface area (TPSA) is 52.6 Å². The minimum atomic E-state index is -0.392. The zero-order chi connectivity index (χ0) is 35.6. The molecule has 4 aromatic carbocycles. The Morgan fingerprint density at radius 2 is 1.12 bits per heavy atom. The number of unbranched alkanes of at least 4 members (excludes halogenated alkanes) is 9. The van der Waals surface area contributed by atoms with Gasteiger partial charge in [-0.05, 0) is 76.2 Å². The maximum absolute atomic E-state index is 13.1. The lowest BCUT2D eigenvalue weighted by Crippen LogP contribution is -2.14. The molecule has 4 aromatic rings. The van der Waals surface area contributed by atoms with Gasteiger partial charge in [-0.25, -0.2) is 4.79 Å². The molecule has 0 aliphatic heterocycles. The lowest BCUT2D eigenvalue weighted by Gasteiger charge is -2.18. The summed E-state index contributed by atoms with van der Waals surface area (Å²) in [4.78, 5) is 26.1. The van der Waals surface area contributed by atoms with Gasteiger partial charge in [-0.15, -0.1) is 0 Å². The Kier molecular flexibility index (Phi) is 16.6. The van der Waals surface area contributed by atoms with E-state index in [2.05, 4.69) is 39.0 Å². The van der Waals surface area contributed by atoms with Crippen LogP contribution in [0.5, 0.6) is 11.5 Å². The van der Waals surface area contributed by atoms with E-state index in [0.717, 1.165) is 71.9 Å². The van der Waals surface area contributed by atoms with Gasteiger partial charge in [-0.2, -0.15) is 0 Å². The van der Waals surface area contributed by atoms with E-state index in [4.69, 9.17) is 9.47 Å². The number of fused-ring (bicyclic) bond motifs is 1. The molecule has 0 spiro atoms. The molecule has 4 nitrogen and oxygen atoms in total. The third-order valence-corrected chi connectivity index (χ3v) is 9.99. The average molecular weight is 677 g/mol. The molecule has 4 heteroatoms. The second-order valence-electron chi connectivity index (χ2n) is 14.1. The number of hydrogen-bond donors (Lipinski definition) is 0. The fourth-order valence-electron chi connectivity index (χ4n) is 6.88. The van der Waals surface area contributed by atoms with Crippen LogP contribution >= 0.6 is 0 Å². The first-order valence-corrected chi connectivity index (χ1v) is 19.5. The molecule has 0 saturated carbocycles. The van der Waals surface area contributed by atoms with E-state index < -0.39 is 5.97 Å². The summed E-state index contributed by atoms with van der Waals surface area (Å²) in [5.41, 5.74) is 3.63. The van der Waals surface area contributed by atoms with Gasteiger partial charge in [0, 0.05) is 12.3 Å². The first-order chi connectivity index (χ1) is 24.4. The number of benzene rings is 4. The van der Waals surface area contributed by atoms with Crippen molar-refractivity contribution in [3.63, 3.8) is 0 Å². The van der Waals surface area contributed by atoms with Crippen LogP contribution in [0.25, 0.3) is 21.9 Å². The second kappa shape index (κ2) is 21.3. The van der Waals surface area contributed by atoms with Crippen LogP contribution in [0.4, 0.5) is 0 Å². The van der Waals surface area contributed by atoms with Gasteiger partial charge in [-0.1, -0.05) is 160 Å². The standard InChI is InChI=1S/C46H60O4/c1-5-8-9-10-11-12-13-14-15-16-31-49-43-28-25-38(26-29-43)37-19-21-39(22-20-37)46(48)50-44-30-27-41-33-40(23-24-42(41)34-44)35(4)45(47)32-36(17-6-2)18-7-3/h19-30,33-36H,5-18,31-32H2,1-4H3/t35-/m0/s1. The Labute approximate surface area is 302 Å². The molecule has 268 valence electrons. The Morgan fingerprint density at radius 1 is 0.580 bits per heavy atom. The molecule has 0 aliphatic rings. The third kappa shape index (κ3) is 12.4. The lowest BCUT2D eigenvalue weighted by molar-refractivity contribution is -0.121. The Hall–Kier alpha value is -3.92. The number of hydrogen-bond acceptors (Lipinski definition) is 4. The molecule has 0 unspecified atom stereocenters. The molecule has 0 heterocycles. The van der Waals surface area contributed by atoms with Crippen LogP contribution in [-0.4, -0.2) is 18.4 Å². The second-order valence-corrected chi connectivity index (χ2v) is 14.1. The number of rotatable bonds is 23. The van der Waals surface area contributed by atoms with E-state index in [1.54, 1.807) is 0 Å². The summed E-state index contributed by atoms with van der Waals surface area (Å²) in [5, 5.41) is 2.00. The van der Waals surface area contributed by atoms with Gasteiger partial charge in [0.1, 0.15) is 17.3 Å². The maximum atomic E-state index is 13.1. The van der Waals surface area contributed by atoms with Gasteiger partial charge in [0.25, 0.3) is 0 Å². The summed E-state index contributed by atoms with van der Waals surface area (Å²) in [6.07, 6.45) is 18.3. The number of carbonyl (C=O) groups is 2. The van der Waals surface area contributed by atoms with Crippen LogP contribution in [-0.2, 0) is 4.79 Å². The molecule has 0 radical (unpaired) electrons. The third-order valence-electron chi connectivity index (χ3n) is 9.99. The van der Waals surface area contributed by atoms with Crippen LogP contribution in [0, 0.1) is 5.92 Å². The largest absolute Gasteiger partial charge is 0.494 e. The van der Waals surface area contributed by atoms with Crippen molar-refractivity contribution in [1.82, 2.24) is 0 Å². The summed E-state index contributed by atoms with van der Waals surface area (Å²) >= 11 is 0. The lowest BCUT2D eigenvalue weighted by atomic mass is 9.86. The van der Waals surface area contributed by atoms with Crippen molar-refractivity contribution in [3.05, 3.63) is 96.1 Å². The van der Waals surface area contributed by atoms with Crippen molar-refractivity contribution in [1.29, 1.82) is 0 Å². The minimum absolute atomic E-state index is 0.137. The molecule has 0 bridgehead atoms. The Morgan fingerprint density at radius 3 is 1.74 bits per heavy atom. The molecule has 50 heavy (non-hydrogen) atoms. The van der Waals surface area contributed by atoms with E-state index in [0.29, 0.717) is 29.4 Å². The van der Waals surface area contributed by atoms with Gasteiger partial charge in [0.15, 0.2) is 0 Å². The predicted octanol–water partition coefficient (Wildman–Crippen LogP) is 13.3. The number of carbonyl (C=O) groups excluding carboxylic acids is 2. The van der Waals surface area contributed by atoms with E-state index in [1.165, 1.54) is 57.8 Å².